The second-order valence-electron chi connectivity index (χ2n) is 4.74. The van der Waals surface area contributed by atoms with Gasteiger partial charge in [-0.2, -0.15) is 0 Å². The van der Waals surface area contributed by atoms with E-state index in [0.717, 1.165) is 0 Å². The first kappa shape index (κ1) is 16.2. The first-order valence-electron chi connectivity index (χ1n) is 6.82. The van der Waals surface area contributed by atoms with Crippen LogP contribution in [-0.4, -0.2) is 25.0 Å². The number of hydrogen-bond acceptors (Lipinski definition) is 1. The van der Waals surface area contributed by atoms with Crippen molar-refractivity contribution in [3.05, 3.63) is 36.5 Å². The Kier molecular flexibility index (Phi) is 9.84. The molecule has 1 heterocycles. The van der Waals surface area contributed by atoms with Crippen LogP contribution in [0.5, 0.6) is 0 Å². The van der Waals surface area contributed by atoms with Gasteiger partial charge in [-0.25, -0.2) is 0 Å². The summed E-state index contributed by atoms with van der Waals surface area (Å²) in [7, 11) is 2.19. The lowest BCUT2D eigenvalue weighted by atomic mass is 9.90. The van der Waals surface area contributed by atoms with E-state index in [2.05, 4.69) is 50.6 Å². The molecule has 1 nitrogen and oxygen atoms in total. The van der Waals surface area contributed by atoms with E-state index in [1.165, 1.54) is 37.9 Å². The van der Waals surface area contributed by atoms with Crippen molar-refractivity contribution in [2.24, 2.45) is 5.92 Å². The summed E-state index contributed by atoms with van der Waals surface area (Å²) in [6, 6.07) is 0. The smallest absolute Gasteiger partial charge is 0.00160 e. The van der Waals surface area contributed by atoms with Gasteiger partial charge in [-0.05, 0) is 45.8 Å². The molecule has 0 unspecified atom stereocenters. The Bertz CT molecular complexity index is 242. The Labute approximate surface area is 108 Å². The Balaban J connectivity index is 0.000000770. The van der Waals surface area contributed by atoms with Crippen molar-refractivity contribution in [1.82, 2.24) is 4.90 Å². The summed E-state index contributed by atoms with van der Waals surface area (Å²) in [4.78, 5) is 2.39. The molecule has 17 heavy (non-hydrogen) atoms. The van der Waals surface area contributed by atoms with E-state index in [0.29, 0.717) is 5.92 Å². The molecule has 1 fully saturated rings. The Morgan fingerprint density at radius 2 is 1.76 bits per heavy atom. The Hall–Kier alpha value is -0.820. The van der Waals surface area contributed by atoms with Gasteiger partial charge in [0, 0.05) is 0 Å². The molecule has 0 aromatic carbocycles. The van der Waals surface area contributed by atoms with E-state index in [1.54, 1.807) is 0 Å². The number of likely N-dealkylation sites (tertiary alicyclic amines) is 1. The monoisotopic (exact) mass is 235 g/mol. The van der Waals surface area contributed by atoms with Gasteiger partial charge in [0.1, 0.15) is 0 Å². The molecule has 0 atom stereocenters. The van der Waals surface area contributed by atoms with Gasteiger partial charge in [0.25, 0.3) is 0 Å². The van der Waals surface area contributed by atoms with E-state index in [4.69, 9.17) is 0 Å². The van der Waals surface area contributed by atoms with Crippen LogP contribution in [-0.2, 0) is 0 Å². The van der Waals surface area contributed by atoms with Crippen LogP contribution < -0.4 is 0 Å². The fraction of sp³-hybridized carbons (Fsp3) is 0.625. The minimum absolute atomic E-state index is 0.702. The van der Waals surface area contributed by atoms with Gasteiger partial charge in [-0.15, -0.1) is 0 Å². The van der Waals surface area contributed by atoms with Crippen LogP contribution in [0.3, 0.4) is 0 Å². The number of hydrogen-bond donors (Lipinski definition) is 0. The highest BCUT2D eigenvalue weighted by Gasteiger charge is 2.17. The molecular weight excluding hydrogens is 206 g/mol. The molecule has 0 aliphatic carbocycles. The van der Waals surface area contributed by atoms with Crippen LogP contribution in [0, 0.1) is 5.92 Å². The summed E-state index contributed by atoms with van der Waals surface area (Å²) in [5.41, 5.74) is 1.29. The average molecular weight is 235 g/mol. The molecule has 1 aliphatic rings. The zero-order chi connectivity index (χ0) is 13.1. The molecule has 0 N–H and O–H groups in total. The van der Waals surface area contributed by atoms with Gasteiger partial charge in [0.2, 0.25) is 0 Å². The molecule has 0 aromatic rings. The third-order valence-electron chi connectivity index (χ3n) is 2.86. The average Bonchev–Trinajstić information content (AvgIpc) is 2.31. The molecule has 0 spiro atoms. The summed E-state index contributed by atoms with van der Waals surface area (Å²) in [6.45, 7) is 12.8. The molecular formula is C16H29N. The predicted octanol–water partition coefficient (Wildman–Crippen LogP) is 4.43. The number of rotatable bonds is 3. The van der Waals surface area contributed by atoms with Crippen LogP contribution in [0.1, 0.15) is 40.0 Å². The lowest BCUT2D eigenvalue weighted by Crippen LogP contribution is -2.30. The standard InChI is InChI=1S/C13H21N.C3H8/c1-4-5-6-7-12(2)13-8-10-14(3)11-9-13;1-3-2/h4-7,13H,2,8-11H2,1,3H3;3H2,1-2H3/b5-4-,7-6-;. The topological polar surface area (TPSA) is 3.24 Å². The van der Waals surface area contributed by atoms with Gasteiger partial charge >= 0.3 is 0 Å². The summed E-state index contributed by atoms with van der Waals surface area (Å²) in [6.07, 6.45) is 12.1. The van der Waals surface area contributed by atoms with E-state index in [9.17, 15) is 0 Å². The first-order chi connectivity index (χ1) is 8.15. The number of nitrogens with zero attached hydrogens (tertiary/aromatic N) is 1. The second kappa shape index (κ2) is 10.3. The van der Waals surface area contributed by atoms with Crippen molar-refractivity contribution in [2.45, 2.75) is 40.0 Å². The largest absolute Gasteiger partial charge is 0.306 e. The Morgan fingerprint density at radius 1 is 1.24 bits per heavy atom. The van der Waals surface area contributed by atoms with Crippen molar-refractivity contribution >= 4 is 0 Å². The van der Waals surface area contributed by atoms with Gasteiger partial charge < -0.3 is 4.90 Å². The summed E-state index contributed by atoms with van der Waals surface area (Å²) >= 11 is 0. The highest BCUT2D eigenvalue weighted by atomic mass is 15.1. The van der Waals surface area contributed by atoms with Crippen LogP contribution in [0.15, 0.2) is 36.5 Å². The third kappa shape index (κ3) is 7.98. The van der Waals surface area contributed by atoms with Crippen molar-refractivity contribution < 1.29 is 0 Å². The fourth-order valence-corrected chi connectivity index (χ4v) is 1.81. The molecule has 1 rings (SSSR count). The molecule has 1 saturated heterocycles. The lowest BCUT2D eigenvalue weighted by molar-refractivity contribution is 0.240. The molecule has 0 aromatic heterocycles. The number of allylic oxidation sites excluding steroid dienone is 5. The first-order valence-corrected chi connectivity index (χ1v) is 6.82. The third-order valence-corrected chi connectivity index (χ3v) is 2.86. The van der Waals surface area contributed by atoms with Gasteiger partial charge in [0.05, 0.1) is 0 Å². The normalized spacial score (nSPS) is 18.4. The van der Waals surface area contributed by atoms with Gasteiger partial charge in [0.15, 0.2) is 0 Å². The van der Waals surface area contributed by atoms with E-state index < -0.39 is 0 Å². The van der Waals surface area contributed by atoms with Crippen molar-refractivity contribution in [3.8, 4) is 0 Å². The zero-order valence-electron chi connectivity index (χ0n) is 12.1. The second-order valence-corrected chi connectivity index (χ2v) is 4.74. The van der Waals surface area contributed by atoms with E-state index in [-0.39, 0.29) is 0 Å². The maximum Gasteiger partial charge on any atom is -0.00160 e. The van der Waals surface area contributed by atoms with Gasteiger partial charge in [-0.1, -0.05) is 56.7 Å². The quantitative estimate of drug-likeness (QED) is 0.654. The predicted molar refractivity (Wildman–Crippen MR) is 79.3 cm³/mol. The van der Waals surface area contributed by atoms with Crippen molar-refractivity contribution in [1.29, 1.82) is 0 Å². The maximum atomic E-state index is 4.14. The molecule has 1 heteroatoms. The molecule has 0 amide bonds. The molecule has 1 aliphatic heterocycles. The minimum Gasteiger partial charge on any atom is -0.306 e. The van der Waals surface area contributed by atoms with Crippen LogP contribution in [0.4, 0.5) is 0 Å². The molecule has 0 bridgehead atoms. The highest BCUT2D eigenvalue weighted by molar-refractivity contribution is 5.22. The van der Waals surface area contributed by atoms with Crippen LogP contribution in [0.25, 0.3) is 0 Å². The number of piperidine rings is 1. The molecule has 98 valence electrons. The molecule has 0 radical (unpaired) electrons. The summed E-state index contributed by atoms with van der Waals surface area (Å²) in [5, 5.41) is 0. The maximum absolute atomic E-state index is 4.14. The zero-order valence-corrected chi connectivity index (χ0v) is 12.1. The SMILES string of the molecule is C=C(/C=C\C=C/C)C1CCN(C)CC1.CCC. The fourth-order valence-electron chi connectivity index (χ4n) is 1.81. The Morgan fingerprint density at radius 3 is 2.24 bits per heavy atom. The summed E-state index contributed by atoms with van der Waals surface area (Å²) in [5.74, 6) is 0.702. The van der Waals surface area contributed by atoms with Crippen molar-refractivity contribution in [2.75, 3.05) is 20.1 Å². The lowest BCUT2D eigenvalue weighted by Gasteiger charge is -2.29. The summed E-state index contributed by atoms with van der Waals surface area (Å²) < 4.78 is 0. The minimum atomic E-state index is 0.702. The van der Waals surface area contributed by atoms with Crippen LogP contribution in [0.2, 0.25) is 0 Å². The molecule has 0 saturated carbocycles. The van der Waals surface area contributed by atoms with Crippen molar-refractivity contribution in [3.63, 3.8) is 0 Å². The van der Waals surface area contributed by atoms with E-state index in [1.807, 2.05) is 13.0 Å². The van der Waals surface area contributed by atoms with Gasteiger partial charge in [-0.3, -0.25) is 0 Å². The van der Waals surface area contributed by atoms with E-state index >= 15 is 0 Å². The van der Waals surface area contributed by atoms with Crippen LogP contribution >= 0.6 is 0 Å². The highest BCUT2D eigenvalue weighted by Crippen LogP contribution is 2.23.